The van der Waals surface area contributed by atoms with E-state index in [-0.39, 0.29) is 18.4 Å². The molecule has 1 N–H and O–H groups in total. The van der Waals surface area contributed by atoms with E-state index in [0.29, 0.717) is 48.3 Å². The van der Waals surface area contributed by atoms with E-state index in [1.807, 2.05) is 47.8 Å². The molecule has 0 unspecified atom stereocenters. The van der Waals surface area contributed by atoms with E-state index in [1.165, 1.54) is 0 Å². The van der Waals surface area contributed by atoms with E-state index < -0.39 is 5.54 Å². The number of fused-ring (bicyclic) bond motifs is 2. The van der Waals surface area contributed by atoms with Crippen LogP contribution in [0.1, 0.15) is 23.0 Å². The van der Waals surface area contributed by atoms with E-state index in [2.05, 4.69) is 5.32 Å². The summed E-state index contributed by atoms with van der Waals surface area (Å²) in [5.74, 6) is 0.602. The van der Waals surface area contributed by atoms with Crippen LogP contribution in [0, 0.1) is 0 Å². The Bertz CT molecular complexity index is 1430. The minimum absolute atomic E-state index is 0.203. The molecule has 9 heteroatoms. The third-order valence-corrected chi connectivity index (χ3v) is 7.39. The fourth-order valence-corrected chi connectivity index (χ4v) is 5.35. The van der Waals surface area contributed by atoms with Crippen LogP contribution in [0.3, 0.4) is 0 Å². The molecule has 182 valence electrons. The van der Waals surface area contributed by atoms with Gasteiger partial charge in [-0.2, -0.15) is 5.10 Å². The summed E-state index contributed by atoms with van der Waals surface area (Å²) >= 11 is 1.55. The van der Waals surface area contributed by atoms with Crippen LogP contribution >= 0.6 is 11.3 Å². The fourth-order valence-electron chi connectivity index (χ4n) is 4.67. The SMILES string of the molecule is C[C@@]1(C(=O)NCc2ccccc2)Cn2nc(-c3cccs3)cc2C(=O)N1c1ccc2c(c1)OCCO2. The Hall–Kier alpha value is -4.11. The lowest BCUT2D eigenvalue weighted by atomic mass is 9.93. The van der Waals surface area contributed by atoms with Crippen molar-refractivity contribution < 1.29 is 19.1 Å². The Labute approximate surface area is 212 Å². The molecule has 2 aliphatic rings. The zero-order valence-corrected chi connectivity index (χ0v) is 20.5. The monoisotopic (exact) mass is 500 g/mol. The molecular weight excluding hydrogens is 476 g/mol. The minimum atomic E-state index is -1.23. The van der Waals surface area contributed by atoms with Crippen LogP contribution in [-0.2, 0) is 17.9 Å². The highest BCUT2D eigenvalue weighted by Gasteiger charge is 2.49. The van der Waals surface area contributed by atoms with Gasteiger partial charge >= 0.3 is 0 Å². The molecule has 36 heavy (non-hydrogen) atoms. The number of hydrogen-bond acceptors (Lipinski definition) is 6. The maximum atomic E-state index is 14.0. The number of carbonyl (C=O) groups excluding carboxylic acids is 2. The summed E-state index contributed by atoms with van der Waals surface area (Å²) in [7, 11) is 0. The van der Waals surface area contributed by atoms with Crippen molar-refractivity contribution in [2.24, 2.45) is 0 Å². The number of ether oxygens (including phenoxy) is 2. The lowest BCUT2D eigenvalue weighted by Gasteiger charge is -2.43. The standard InChI is InChI=1S/C27H24N4O4S/c1-27(26(33)28-16-18-6-3-2-4-7-18)17-30-21(15-20(29-30)24-8-5-13-36-24)25(32)31(27)19-9-10-22-23(14-19)35-12-11-34-22/h2-10,13-15H,11-12,16-17H2,1H3,(H,28,33)/t27-/m0/s1. The fraction of sp³-hybridized carbons (Fsp3) is 0.222. The van der Waals surface area contributed by atoms with E-state index in [9.17, 15) is 9.59 Å². The van der Waals surface area contributed by atoms with Gasteiger partial charge in [-0.1, -0.05) is 36.4 Å². The average molecular weight is 501 g/mol. The maximum absolute atomic E-state index is 14.0. The Kier molecular flexibility index (Phi) is 5.49. The molecule has 0 bridgehead atoms. The number of amides is 2. The van der Waals surface area contributed by atoms with Crippen molar-refractivity contribution in [1.29, 1.82) is 0 Å². The molecule has 2 aliphatic heterocycles. The molecule has 0 radical (unpaired) electrons. The van der Waals surface area contributed by atoms with Gasteiger partial charge in [0.2, 0.25) is 5.91 Å². The molecule has 4 aromatic rings. The Balaban J connectivity index is 1.40. The summed E-state index contributed by atoms with van der Waals surface area (Å²) in [6.45, 7) is 3.23. The molecule has 6 rings (SSSR count). The molecule has 0 saturated heterocycles. The number of nitrogens with zero attached hydrogens (tertiary/aromatic N) is 3. The second kappa shape index (κ2) is 8.83. The van der Waals surface area contributed by atoms with Crippen molar-refractivity contribution in [3.05, 3.63) is 83.4 Å². The second-order valence-electron chi connectivity index (χ2n) is 8.96. The molecule has 2 aromatic carbocycles. The first-order valence-electron chi connectivity index (χ1n) is 11.7. The molecule has 4 heterocycles. The zero-order chi connectivity index (χ0) is 24.7. The molecule has 0 aliphatic carbocycles. The largest absolute Gasteiger partial charge is 0.486 e. The van der Waals surface area contributed by atoms with Crippen molar-refractivity contribution >= 4 is 28.8 Å². The Morgan fingerprint density at radius 1 is 1.06 bits per heavy atom. The molecule has 2 amide bonds. The predicted octanol–water partition coefficient (Wildman–Crippen LogP) is 4.12. The van der Waals surface area contributed by atoms with Gasteiger partial charge in [0.15, 0.2) is 11.5 Å². The number of nitrogens with one attached hydrogen (secondary N) is 1. The number of carbonyl (C=O) groups is 2. The number of thiophene rings is 1. The van der Waals surface area contributed by atoms with Crippen molar-refractivity contribution in [3.8, 4) is 22.1 Å². The number of hydrogen-bond donors (Lipinski definition) is 1. The summed E-state index contributed by atoms with van der Waals surface area (Å²) in [5.41, 5.74) is 1.45. The molecule has 2 aromatic heterocycles. The van der Waals surface area contributed by atoms with E-state index in [1.54, 1.807) is 52.1 Å². The molecule has 0 spiro atoms. The van der Waals surface area contributed by atoms with E-state index >= 15 is 0 Å². The van der Waals surface area contributed by atoms with Gasteiger partial charge in [0, 0.05) is 18.3 Å². The Morgan fingerprint density at radius 3 is 2.64 bits per heavy atom. The Morgan fingerprint density at radius 2 is 1.86 bits per heavy atom. The van der Waals surface area contributed by atoms with Gasteiger partial charge in [-0.25, -0.2) is 0 Å². The maximum Gasteiger partial charge on any atom is 0.277 e. The first-order chi connectivity index (χ1) is 17.5. The summed E-state index contributed by atoms with van der Waals surface area (Å²) in [6, 6.07) is 20.7. The summed E-state index contributed by atoms with van der Waals surface area (Å²) in [5, 5.41) is 9.69. The molecule has 1 atom stereocenters. The van der Waals surface area contributed by atoms with Gasteiger partial charge in [0.05, 0.1) is 11.4 Å². The van der Waals surface area contributed by atoms with Crippen molar-refractivity contribution in [2.75, 3.05) is 18.1 Å². The van der Waals surface area contributed by atoms with Crippen LogP contribution in [0.15, 0.2) is 72.1 Å². The number of anilines is 1. The number of aromatic nitrogens is 2. The van der Waals surface area contributed by atoms with E-state index in [0.717, 1.165) is 10.4 Å². The minimum Gasteiger partial charge on any atom is -0.486 e. The summed E-state index contributed by atoms with van der Waals surface area (Å²) < 4.78 is 13.1. The predicted molar refractivity (Wildman–Crippen MR) is 136 cm³/mol. The smallest absolute Gasteiger partial charge is 0.277 e. The third kappa shape index (κ3) is 3.81. The van der Waals surface area contributed by atoms with Crippen LogP contribution in [0.25, 0.3) is 10.6 Å². The van der Waals surface area contributed by atoms with Crippen molar-refractivity contribution in [3.63, 3.8) is 0 Å². The summed E-state index contributed by atoms with van der Waals surface area (Å²) in [6.07, 6.45) is 0. The molecule has 0 fully saturated rings. The highest BCUT2D eigenvalue weighted by atomic mass is 32.1. The van der Waals surface area contributed by atoms with Crippen LogP contribution in [-0.4, -0.2) is 40.3 Å². The van der Waals surface area contributed by atoms with Gasteiger partial charge < -0.3 is 14.8 Å². The normalized spacial score (nSPS) is 18.6. The van der Waals surface area contributed by atoms with Gasteiger partial charge in [-0.15, -0.1) is 11.3 Å². The van der Waals surface area contributed by atoms with Crippen LogP contribution in [0.2, 0.25) is 0 Å². The van der Waals surface area contributed by atoms with Gasteiger partial charge in [-0.05, 0) is 42.1 Å². The first-order valence-corrected chi connectivity index (χ1v) is 12.6. The molecule has 0 saturated carbocycles. The van der Waals surface area contributed by atoms with Crippen molar-refractivity contribution in [2.45, 2.75) is 25.6 Å². The van der Waals surface area contributed by atoms with Crippen LogP contribution < -0.4 is 19.7 Å². The van der Waals surface area contributed by atoms with Crippen molar-refractivity contribution in [1.82, 2.24) is 15.1 Å². The zero-order valence-electron chi connectivity index (χ0n) is 19.6. The highest BCUT2D eigenvalue weighted by Crippen LogP contribution is 2.39. The van der Waals surface area contributed by atoms with Crippen LogP contribution in [0.4, 0.5) is 5.69 Å². The molecule has 8 nitrogen and oxygen atoms in total. The van der Waals surface area contributed by atoms with Gasteiger partial charge in [0.25, 0.3) is 5.91 Å². The first kappa shape index (κ1) is 22.4. The number of benzene rings is 2. The lowest BCUT2D eigenvalue weighted by molar-refractivity contribution is -0.126. The van der Waals surface area contributed by atoms with Gasteiger partial charge in [-0.3, -0.25) is 19.2 Å². The number of rotatable bonds is 5. The van der Waals surface area contributed by atoms with Crippen LogP contribution in [0.5, 0.6) is 11.5 Å². The quantitative estimate of drug-likeness (QED) is 0.446. The highest BCUT2D eigenvalue weighted by molar-refractivity contribution is 7.13. The topological polar surface area (TPSA) is 85.7 Å². The second-order valence-corrected chi connectivity index (χ2v) is 9.91. The summed E-state index contributed by atoms with van der Waals surface area (Å²) in [4.78, 5) is 30.3. The third-order valence-electron chi connectivity index (χ3n) is 6.50. The average Bonchev–Trinajstić information content (AvgIpc) is 3.58. The molecular formula is C27H24N4O4S. The lowest BCUT2D eigenvalue weighted by Crippen LogP contribution is -2.64. The van der Waals surface area contributed by atoms with Gasteiger partial charge in [0.1, 0.15) is 30.1 Å². The van der Waals surface area contributed by atoms with E-state index in [4.69, 9.17) is 14.6 Å².